The molecule has 0 aliphatic rings. The van der Waals surface area contributed by atoms with E-state index in [0.29, 0.717) is 6.61 Å². The van der Waals surface area contributed by atoms with Crippen molar-refractivity contribution in [3.63, 3.8) is 0 Å². The van der Waals surface area contributed by atoms with Gasteiger partial charge in [0.25, 0.3) is 0 Å². The fourth-order valence-corrected chi connectivity index (χ4v) is 1.49. The van der Waals surface area contributed by atoms with Crippen LogP contribution in [0.5, 0.6) is 0 Å². The van der Waals surface area contributed by atoms with E-state index in [2.05, 4.69) is 17.6 Å². The maximum Gasteiger partial charge on any atom is 0.404 e. The zero-order chi connectivity index (χ0) is 11.0. The van der Waals surface area contributed by atoms with Crippen LogP contribution in [0.1, 0.15) is 13.3 Å². The van der Waals surface area contributed by atoms with Crippen molar-refractivity contribution < 1.29 is 9.53 Å². The van der Waals surface area contributed by atoms with Crippen molar-refractivity contribution in [2.75, 3.05) is 33.8 Å². The van der Waals surface area contributed by atoms with E-state index in [4.69, 9.17) is 10.5 Å². The Bertz CT molecular complexity index is 167. The van der Waals surface area contributed by atoms with Gasteiger partial charge in [0.2, 0.25) is 0 Å². The molecule has 0 aliphatic carbocycles. The fraction of sp³-hybridized carbons (Fsp3) is 0.889. The van der Waals surface area contributed by atoms with Gasteiger partial charge in [-0.3, -0.25) is 0 Å². The molecule has 0 aromatic carbocycles. The Morgan fingerprint density at radius 2 is 1.86 bits per heavy atom. The molecular weight excluding hydrogens is 182 g/mol. The second-order valence-electron chi connectivity index (χ2n) is 3.79. The number of amides is 1. The molecule has 0 radical (unpaired) electrons. The monoisotopic (exact) mass is 203 g/mol. The van der Waals surface area contributed by atoms with E-state index in [1.807, 2.05) is 14.1 Å². The van der Waals surface area contributed by atoms with Gasteiger partial charge in [0, 0.05) is 13.1 Å². The number of ether oxygens (including phenoxy) is 1. The number of primary amides is 1. The van der Waals surface area contributed by atoms with Gasteiger partial charge in [-0.25, -0.2) is 4.79 Å². The summed E-state index contributed by atoms with van der Waals surface area (Å²) in [6.45, 7) is 4.24. The van der Waals surface area contributed by atoms with Crippen molar-refractivity contribution in [3.8, 4) is 0 Å². The highest BCUT2D eigenvalue weighted by Crippen LogP contribution is 2.18. The molecule has 0 rings (SSSR count). The van der Waals surface area contributed by atoms with Gasteiger partial charge in [-0.2, -0.15) is 0 Å². The molecule has 5 nitrogen and oxygen atoms in total. The summed E-state index contributed by atoms with van der Waals surface area (Å²) in [5.74, 6) is 0. The number of nitrogens with one attached hydrogen (secondary N) is 2. The number of rotatable bonds is 7. The van der Waals surface area contributed by atoms with Crippen molar-refractivity contribution in [1.82, 2.24) is 10.6 Å². The van der Waals surface area contributed by atoms with E-state index in [9.17, 15) is 4.79 Å². The fourth-order valence-electron chi connectivity index (χ4n) is 1.49. The lowest BCUT2D eigenvalue weighted by Gasteiger charge is -2.28. The van der Waals surface area contributed by atoms with E-state index in [0.717, 1.165) is 19.5 Å². The molecule has 0 unspecified atom stereocenters. The quantitative estimate of drug-likeness (QED) is 0.541. The third kappa shape index (κ3) is 5.77. The Morgan fingerprint density at radius 3 is 2.21 bits per heavy atom. The van der Waals surface area contributed by atoms with Crippen LogP contribution in [-0.4, -0.2) is 39.9 Å². The van der Waals surface area contributed by atoms with Crippen LogP contribution in [0, 0.1) is 5.41 Å². The van der Waals surface area contributed by atoms with Crippen molar-refractivity contribution in [2.24, 2.45) is 11.1 Å². The first-order valence-corrected chi connectivity index (χ1v) is 4.75. The molecule has 14 heavy (non-hydrogen) atoms. The Labute approximate surface area is 85.4 Å². The Balaban J connectivity index is 3.88. The van der Waals surface area contributed by atoms with E-state index < -0.39 is 6.09 Å². The molecule has 4 N–H and O–H groups in total. The molecule has 1 amide bonds. The summed E-state index contributed by atoms with van der Waals surface area (Å²) in [5, 5.41) is 6.24. The maximum absolute atomic E-state index is 10.4. The Kier molecular flexibility index (Phi) is 6.23. The number of nitrogens with two attached hydrogens (primary N) is 1. The van der Waals surface area contributed by atoms with Gasteiger partial charge in [-0.1, -0.05) is 6.92 Å². The summed E-state index contributed by atoms with van der Waals surface area (Å²) in [4.78, 5) is 10.4. The van der Waals surface area contributed by atoms with Crippen LogP contribution in [0.3, 0.4) is 0 Å². The molecule has 5 heteroatoms. The van der Waals surface area contributed by atoms with Gasteiger partial charge < -0.3 is 21.1 Å². The average Bonchev–Trinajstić information content (AvgIpc) is 2.03. The molecule has 0 aliphatic heterocycles. The van der Waals surface area contributed by atoms with Crippen molar-refractivity contribution in [2.45, 2.75) is 13.3 Å². The van der Waals surface area contributed by atoms with Gasteiger partial charge >= 0.3 is 6.09 Å². The lowest BCUT2D eigenvalue weighted by atomic mass is 9.87. The first-order chi connectivity index (χ1) is 6.54. The number of hydrogen-bond acceptors (Lipinski definition) is 4. The second kappa shape index (κ2) is 6.62. The molecule has 0 aromatic rings. The molecule has 0 spiro atoms. The van der Waals surface area contributed by atoms with E-state index in [-0.39, 0.29) is 5.41 Å². The molecule has 0 aromatic heterocycles. The second-order valence-corrected chi connectivity index (χ2v) is 3.79. The highest BCUT2D eigenvalue weighted by molar-refractivity contribution is 5.64. The Hall–Kier alpha value is -0.810. The predicted molar refractivity (Wildman–Crippen MR) is 56.1 cm³/mol. The summed E-state index contributed by atoms with van der Waals surface area (Å²) < 4.78 is 4.71. The van der Waals surface area contributed by atoms with Crippen molar-refractivity contribution in [3.05, 3.63) is 0 Å². The normalized spacial score (nSPS) is 11.4. The SMILES string of the molecule is CNCC(C)(CCOC(N)=O)CNC. The third-order valence-corrected chi connectivity index (χ3v) is 2.16. The van der Waals surface area contributed by atoms with Gasteiger partial charge in [0.05, 0.1) is 6.61 Å². The minimum Gasteiger partial charge on any atom is -0.450 e. The lowest BCUT2D eigenvalue weighted by Crippen LogP contribution is -2.39. The van der Waals surface area contributed by atoms with Gasteiger partial charge in [-0.15, -0.1) is 0 Å². The first kappa shape index (κ1) is 13.2. The zero-order valence-corrected chi connectivity index (χ0v) is 9.22. The van der Waals surface area contributed by atoms with Crippen molar-refractivity contribution >= 4 is 6.09 Å². The van der Waals surface area contributed by atoms with Crippen LogP contribution in [-0.2, 0) is 4.74 Å². The van der Waals surface area contributed by atoms with E-state index in [1.54, 1.807) is 0 Å². The molecule has 0 heterocycles. The van der Waals surface area contributed by atoms with Crippen LogP contribution >= 0.6 is 0 Å². The molecular formula is C9H21N3O2. The molecule has 0 atom stereocenters. The average molecular weight is 203 g/mol. The number of hydrogen-bond donors (Lipinski definition) is 3. The number of carbonyl (C=O) groups is 1. The van der Waals surface area contributed by atoms with Crippen LogP contribution in [0.4, 0.5) is 4.79 Å². The maximum atomic E-state index is 10.4. The zero-order valence-electron chi connectivity index (χ0n) is 9.22. The molecule has 0 saturated carbocycles. The summed E-state index contributed by atoms with van der Waals surface area (Å²) >= 11 is 0. The molecule has 0 bridgehead atoms. The summed E-state index contributed by atoms with van der Waals surface area (Å²) in [5.41, 5.74) is 4.96. The van der Waals surface area contributed by atoms with Gasteiger partial charge in [-0.05, 0) is 25.9 Å². The van der Waals surface area contributed by atoms with Crippen molar-refractivity contribution in [1.29, 1.82) is 0 Å². The number of carbonyl (C=O) groups excluding carboxylic acids is 1. The van der Waals surface area contributed by atoms with Crippen LogP contribution < -0.4 is 16.4 Å². The first-order valence-electron chi connectivity index (χ1n) is 4.75. The van der Waals surface area contributed by atoms with E-state index in [1.165, 1.54) is 0 Å². The molecule has 0 saturated heterocycles. The standard InChI is InChI=1S/C9H21N3O2/c1-9(6-11-2,7-12-3)4-5-14-8(10)13/h11-12H,4-7H2,1-3H3,(H2,10,13). The molecule has 0 fully saturated rings. The minimum absolute atomic E-state index is 0.0823. The molecule has 84 valence electrons. The van der Waals surface area contributed by atoms with Crippen LogP contribution in [0.2, 0.25) is 0 Å². The highest BCUT2D eigenvalue weighted by Gasteiger charge is 2.22. The van der Waals surface area contributed by atoms with Gasteiger partial charge in [0.15, 0.2) is 0 Å². The van der Waals surface area contributed by atoms with Gasteiger partial charge in [0.1, 0.15) is 0 Å². The smallest absolute Gasteiger partial charge is 0.404 e. The predicted octanol–water partition coefficient (Wildman–Crippen LogP) is -0.0831. The lowest BCUT2D eigenvalue weighted by molar-refractivity contribution is 0.132. The highest BCUT2D eigenvalue weighted by atomic mass is 16.5. The third-order valence-electron chi connectivity index (χ3n) is 2.16. The Morgan fingerprint density at radius 1 is 1.36 bits per heavy atom. The largest absolute Gasteiger partial charge is 0.450 e. The summed E-state index contributed by atoms with van der Waals surface area (Å²) in [6.07, 6.45) is 0.0821. The van der Waals surface area contributed by atoms with Crippen LogP contribution in [0.15, 0.2) is 0 Å². The van der Waals surface area contributed by atoms with E-state index >= 15 is 0 Å². The summed E-state index contributed by atoms with van der Waals surface area (Å²) in [7, 11) is 3.81. The summed E-state index contributed by atoms with van der Waals surface area (Å²) in [6, 6.07) is 0. The van der Waals surface area contributed by atoms with Crippen LogP contribution in [0.25, 0.3) is 0 Å². The topological polar surface area (TPSA) is 76.4 Å². The minimum atomic E-state index is -0.707.